The Balaban J connectivity index is -0.000000534. The molecule has 0 aliphatic carbocycles. The van der Waals surface area contributed by atoms with Crippen molar-refractivity contribution in [2.45, 2.75) is 45.3 Å². The lowest BCUT2D eigenvalue weighted by molar-refractivity contribution is 0.311. The van der Waals surface area contributed by atoms with E-state index in [1.807, 2.05) is 13.8 Å². The number of hydrogen-bond acceptors (Lipinski definition) is 2. The predicted octanol–water partition coefficient (Wildman–Crippen LogP) is 2.92. The zero-order valence-corrected chi connectivity index (χ0v) is 13.5. The highest BCUT2D eigenvalue weighted by Gasteiger charge is 2.22. The smallest absolute Gasteiger partial charge is 0.114 e. The van der Waals surface area contributed by atoms with E-state index in [0.29, 0.717) is 19.0 Å². The van der Waals surface area contributed by atoms with Crippen molar-refractivity contribution in [3.05, 3.63) is 0 Å². The van der Waals surface area contributed by atoms with Gasteiger partial charge >= 0.3 is 0 Å². The Morgan fingerprint density at radius 3 is 2.59 bits per heavy atom. The number of alkyl halides is 1. The van der Waals surface area contributed by atoms with Gasteiger partial charge in [0.2, 0.25) is 0 Å². The van der Waals surface area contributed by atoms with Crippen LogP contribution in [0.15, 0.2) is 0 Å². The molecular weight excluding hydrogens is 330 g/mol. The fourth-order valence-corrected chi connectivity index (χ4v) is 1.73. The van der Waals surface area contributed by atoms with E-state index in [-0.39, 0.29) is 25.4 Å². The summed E-state index contributed by atoms with van der Waals surface area (Å²) in [6.45, 7) is 6.45. The van der Waals surface area contributed by atoms with Gasteiger partial charge in [0.05, 0.1) is 0 Å². The van der Waals surface area contributed by atoms with Crippen molar-refractivity contribution in [3.8, 4) is 12.3 Å². The molecule has 0 aromatic carbocycles. The van der Waals surface area contributed by atoms with E-state index < -0.39 is 6.17 Å². The van der Waals surface area contributed by atoms with E-state index in [0.717, 1.165) is 25.9 Å². The molecule has 1 heterocycles. The molecule has 0 aromatic heterocycles. The number of rotatable bonds is 5. The molecule has 17 heavy (non-hydrogen) atoms. The molecule has 2 nitrogen and oxygen atoms in total. The number of terminal acetylenes is 1. The molecule has 1 N–H and O–H groups in total. The molecule has 0 spiro atoms. The lowest BCUT2D eigenvalue weighted by Crippen LogP contribution is -2.28. The predicted molar refractivity (Wildman–Crippen MR) is 85.7 cm³/mol. The third-order valence-corrected chi connectivity index (χ3v) is 2.67. The Morgan fingerprint density at radius 2 is 2.12 bits per heavy atom. The molecular formula is C13H28FIN2. The first-order chi connectivity index (χ1) is 7.72. The van der Waals surface area contributed by atoms with Gasteiger partial charge in [0, 0.05) is 27.0 Å². The number of hydrogen-bond donors (Lipinski definition) is 1. The van der Waals surface area contributed by atoms with Crippen molar-refractivity contribution in [3.63, 3.8) is 0 Å². The molecule has 1 aliphatic rings. The van der Waals surface area contributed by atoms with E-state index in [1.165, 1.54) is 0 Å². The van der Waals surface area contributed by atoms with Gasteiger partial charge < -0.3 is 10.2 Å². The zero-order valence-electron chi connectivity index (χ0n) is 11.2. The molecule has 2 unspecified atom stereocenters. The van der Waals surface area contributed by atoms with Crippen molar-refractivity contribution in [1.29, 1.82) is 0 Å². The van der Waals surface area contributed by atoms with E-state index in [2.05, 4.69) is 23.2 Å². The quantitative estimate of drug-likeness (QED) is 0.601. The van der Waals surface area contributed by atoms with Gasteiger partial charge in [-0.05, 0) is 26.4 Å². The van der Waals surface area contributed by atoms with Crippen LogP contribution in [0, 0.1) is 12.3 Å². The van der Waals surface area contributed by atoms with Gasteiger partial charge in [-0.15, -0.1) is 36.3 Å². The molecule has 1 aliphatic heterocycles. The van der Waals surface area contributed by atoms with E-state index in [1.54, 1.807) is 0 Å². The Hall–Kier alpha value is 0.140. The first-order valence-corrected chi connectivity index (χ1v) is 6.22. The standard InChI is InChI=1S/C11H19FN2.C2H6.HI.H2/c1-3-4-6-14(2)7-5-11-8-10(12)9-13-11;1-2;;/h1,10-11,13H,4-9H2,2H3;1-2H3;2*1H. The third-order valence-electron chi connectivity index (χ3n) is 2.67. The van der Waals surface area contributed by atoms with Gasteiger partial charge in [-0.25, -0.2) is 4.39 Å². The summed E-state index contributed by atoms with van der Waals surface area (Å²) in [6.07, 6.45) is 7.01. The zero-order chi connectivity index (χ0) is 12.4. The van der Waals surface area contributed by atoms with Gasteiger partial charge in [-0.2, -0.15) is 0 Å². The summed E-state index contributed by atoms with van der Waals surface area (Å²) in [5, 5.41) is 3.18. The first-order valence-electron chi connectivity index (χ1n) is 6.22. The molecule has 0 saturated carbocycles. The highest BCUT2D eigenvalue weighted by Crippen LogP contribution is 2.12. The lowest BCUT2D eigenvalue weighted by Gasteiger charge is -2.17. The molecule has 0 radical (unpaired) electrons. The van der Waals surface area contributed by atoms with Crippen LogP contribution in [0.25, 0.3) is 0 Å². The second-order valence-electron chi connectivity index (χ2n) is 3.98. The van der Waals surface area contributed by atoms with Crippen LogP contribution in [0.5, 0.6) is 0 Å². The molecule has 4 heteroatoms. The molecule has 0 bridgehead atoms. The monoisotopic (exact) mass is 358 g/mol. The minimum Gasteiger partial charge on any atom is -0.311 e. The summed E-state index contributed by atoms with van der Waals surface area (Å²) < 4.78 is 12.8. The van der Waals surface area contributed by atoms with E-state index in [4.69, 9.17) is 6.42 Å². The summed E-state index contributed by atoms with van der Waals surface area (Å²) >= 11 is 0. The van der Waals surface area contributed by atoms with Crippen LogP contribution < -0.4 is 5.32 Å². The molecule has 1 saturated heterocycles. The molecule has 1 fully saturated rings. The van der Waals surface area contributed by atoms with Crippen molar-refractivity contribution >= 4 is 24.0 Å². The summed E-state index contributed by atoms with van der Waals surface area (Å²) in [5.41, 5.74) is 0. The fraction of sp³-hybridized carbons (Fsp3) is 0.846. The summed E-state index contributed by atoms with van der Waals surface area (Å²) in [6, 6.07) is 0.360. The Labute approximate surface area is 124 Å². The van der Waals surface area contributed by atoms with Crippen LogP contribution in [0.1, 0.15) is 34.5 Å². The van der Waals surface area contributed by atoms with Crippen LogP contribution in [0.3, 0.4) is 0 Å². The van der Waals surface area contributed by atoms with Gasteiger partial charge in [-0.3, -0.25) is 0 Å². The largest absolute Gasteiger partial charge is 0.311 e. The maximum absolute atomic E-state index is 12.8. The van der Waals surface area contributed by atoms with E-state index >= 15 is 0 Å². The second-order valence-corrected chi connectivity index (χ2v) is 3.98. The molecule has 104 valence electrons. The fourth-order valence-electron chi connectivity index (χ4n) is 1.73. The highest BCUT2D eigenvalue weighted by molar-refractivity contribution is 14.0. The topological polar surface area (TPSA) is 15.3 Å². The lowest BCUT2D eigenvalue weighted by atomic mass is 10.1. The van der Waals surface area contributed by atoms with Crippen molar-refractivity contribution in [1.82, 2.24) is 10.2 Å². The van der Waals surface area contributed by atoms with Crippen LogP contribution in [-0.2, 0) is 0 Å². The Kier molecular flexibility index (Phi) is 14.4. The van der Waals surface area contributed by atoms with Crippen LogP contribution >= 0.6 is 24.0 Å². The Bertz CT molecular complexity index is 212. The minimum atomic E-state index is -0.643. The molecule has 2 atom stereocenters. The summed E-state index contributed by atoms with van der Waals surface area (Å²) in [7, 11) is 2.05. The van der Waals surface area contributed by atoms with Crippen molar-refractivity contribution < 1.29 is 5.82 Å². The average molecular weight is 358 g/mol. The van der Waals surface area contributed by atoms with Crippen molar-refractivity contribution in [2.24, 2.45) is 0 Å². The maximum atomic E-state index is 12.8. The van der Waals surface area contributed by atoms with Crippen LogP contribution in [0.2, 0.25) is 0 Å². The van der Waals surface area contributed by atoms with Gasteiger partial charge in [-0.1, -0.05) is 13.8 Å². The summed E-state index contributed by atoms with van der Waals surface area (Å²) in [4.78, 5) is 2.20. The van der Waals surface area contributed by atoms with Crippen LogP contribution in [-0.4, -0.2) is 43.8 Å². The van der Waals surface area contributed by atoms with Gasteiger partial charge in [0.15, 0.2) is 0 Å². The van der Waals surface area contributed by atoms with Crippen LogP contribution in [0.4, 0.5) is 4.39 Å². The highest BCUT2D eigenvalue weighted by atomic mass is 127. The van der Waals surface area contributed by atoms with Crippen molar-refractivity contribution in [2.75, 3.05) is 26.7 Å². The molecule has 0 aromatic rings. The second kappa shape index (κ2) is 12.6. The van der Waals surface area contributed by atoms with Gasteiger partial charge in [0.25, 0.3) is 0 Å². The number of nitrogens with zero attached hydrogens (tertiary/aromatic N) is 1. The minimum absolute atomic E-state index is 0. The first kappa shape index (κ1) is 19.5. The molecule has 0 amide bonds. The Morgan fingerprint density at radius 1 is 1.47 bits per heavy atom. The molecule has 1 rings (SSSR count). The normalized spacial score (nSPS) is 22.4. The third kappa shape index (κ3) is 9.81. The summed E-state index contributed by atoms with van der Waals surface area (Å²) in [5.74, 6) is 2.62. The average Bonchev–Trinajstić information content (AvgIpc) is 2.72. The van der Waals surface area contributed by atoms with Gasteiger partial charge in [0.1, 0.15) is 6.17 Å². The maximum Gasteiger partial charge on any atom is 0.114 e. The number of nitrogens with one attached hydrogen (secondary N) is 1. The number of halogens is 2. The SMILES string of the molecule is C#CCCN(C)CCC1CC(F)CN1.CC.I.[HH]. The van der Waals surface area contributed by atoms with E-state index in [9.17, 15) is 4.39 Å².